The van der Waals surface area contributed by atoms with Crippen molar-refractivity contribution in [3.63, 3.8) is 0 Å². The molecule has 3 N–H and O–H groups in total. The van der Waals surface area contributed by atoms with E-state index in [-0.39, 0.29) is 11.9 Å². The van der Waals surface area contributed by atoms with Gasteiger partial charge in [-0.1, -0.05) is 42.5 Å². The third-order valence-corrected chi connectivity index (χ3v) is 5.52. The molecule has 3 heterocycles. The van der Waals surface area contributed by atoms with Crippen LogP contribution in [0.25, 0.3) is 33.5 Å². The molecule has 0 bridgehead atoms. The van der Waals surface area contributed by atoms with E-state index in [4.69, 9.17) is 4.98 Å². The lowest BCUT2D eigenvalue weighted by molar-refractivity contribution is 0.0943. The Hall–Kier alpha value is -4.26. The van der Waals surface area contributed by atoms with Crippen LogP contribution in [0.3, 0.4) is 0 Å². The van der Waals surface area contributed by atoms with E-state index in [2.05, 4.69) is 49.7 Å². The van der Waals surface area contributed by atoms with Gasteiger partial charge in [0.05, 0.1) is 35.0 Å². The Labute approximate surface area is 171 Å². The van der Waals surface area contributed by atoms with E-state index in [1.807, 2.05) is 24.3 Å². The maximum absolute atomic E-state index is 12.8. The number of hydrogen-bond acceptors (Lipinski definition) is 4. The minimum absolute atomic E-state index is 0.170. The second-order valence-electron chi connectivity index (χ2n) is 7.23. The standard InChI is InChI=1S/C23H16N6O/c30-23(13-10-25-26-11-13)29-21-15-5-2-1-4-14(15)20-16(21)6-3-7-17(20)22-27-18-8-9-24-12-19(18)28-22/h1-12,21H,(H,25,26)(H,27,28)(H,29,30). The predicted molar refractivity (Wildman–Crippen MR) is 113 cm³/mol. The van der Waals surface area contributed by atoms with Crippen LogP contribution in [-0.4, -0.2) is 31.1 Å². The number of fused-ring (bicyclic) bond motifs is 4. The van der Waals surface area contributed by atoms with E-state index in [0.29, 0.717) is 5.56 Å². The SMILES string of the molecule is O=C(NC1c2ccccc2-c2c(-c3nc4ccncc4[nH]3)cccc21)c1cn[nH]c1. The van der Waals surface area contributed by atoms with Crippen molar-refractivity contribution in [1.29, 1.82) is 0 Å². The fourth-order valence-electron chi connectivity index (χ4n) is 4.18. The highest BCUT2D eigenvalue weighted by Crippen LogP contribution is 2.47. The first-order valence-electron chi connectivity index (χ1n) is 9.61. The molecule has 6 rings (SSSR count). The summed E-state index contributed by atoms with van der Waals surface area (Å²) in [5.41, 5.74) is 7.54. The van der Waals surface area contributed by atoms with Crippen LogP contribution < -0.4 is 5.32 Å². The molecule has 1 aliphatic carbocycles. The van der Waals surface area contributed by atoms with Gasteiger partial charge in [-0.05, 0) is 28.3 Å². The minimum atomic E-state index is -0.246. The number of carbonyl (C=O) groups excluding carboxylic acids is 1. The number of pyridine rings is 1. The van der Waals surface area contributed by atoms with Crippen molar-refractivity contribution in [1.82, 2.24) is 30.5 Å². The molecule has 1 aliphatic rings. The maximum Gasteiger partial charge on any atom is 0.255 e. The molecule has 3 aromatic heterocycles. The van der Waals surface area contributed by atoms with Gasteiger partial charge in [0.2, 0.25) is 0 Å². The monoisotopic (exact) mass is 392 g/mol. The fraction of sp³-hybridized carbons (Fsp3) is 0.0435. The summed E-state index contributed by atoms with van der Waals surface area (Å²) in [6.45, 7) is 0. The third-order valence-electron chi connectivity index (χ3n) is 5.52. The van der Waals surface area contributed by atoms with Crippen molar-refractivity contribution >= 4 is 16.9 Å². The van der Waals surface area contributed by atoms with Gasteiger partial charge < -0.3 is 10.3 Å². The average molecular weight is 392 g/mol. The van der Waals surface area contributed by atoms with Crippen LogP contribution in [0.2, 0.25) is 0 Å². The molecule has 0 saturated carbocycles. The summed E-state index contributed by atoms with van der Waals surface area (Å²) in [4.78, 5) is 25.1. The Balaban J connectivity index is 1.51. The van der Waals surface area contributed by atoms with Crippen LogP contribution in [0.5, 0.6) is 0 Å². The van der Waals surface area contributed by atoms with Crippen LogP contribution in [-0.2, 0) is 0 Å². The molecule has 2 aromatic carbocycles. The van der Waals surface area contributed by atoms with Crippen LogP contribution in [0.15, 0.2) is 73.3 Å². The number of carbonyl (C=O) groups is 1. The Bertz CT molecular complexity index is 1370. The van der Waals surface area contributed by atoms with Gasteiger partial charge in [0.1, 0.15) is 5.82 Å². The van der Waals surface area contributed by atoms with Crippen LogP contribution >= 0.6 is 0 Å². The highest BCUT2D eigenvalue weighted by atomic mass is 16.1. The van der Waals surface area contributed by atoms with Gasteiger partial charge in [-0.2, -0.15) is 5.10 Å². The third kappa shape index (κ3) is 2.45. The Morgan fingerprint density at radius 2 is 1.83 bits per heavy atom. The Kier molecular flexibility index (Phi) is 3.55. The molecule has 7 heteroatoms. The van der Waals surface area contributed by atoms with Gasteiger partial charge in [-0.25, -0.2) is 4.98 Å². The van der Waals surface area contributed by atoms with E-state index < -0.39 is 0 Å². The van der Waals surface area contributed by atoms with E-state index in [0.717, 1.165) is 44.7 Å². The number of H-pyrrole nitrogens is 2. The first-order valence-corrected chi connectivity index (χ1v) is 9.61. The highest BCUT2D eigenvalue weighted by molar-refractivity contribution is 5.97. The van der Waals surface area contributed by atoms with Crippen LogP contribution in [0.4, 0.5) is 0 Å². The average Bonchev–Trinajstić information content (AvgIpc) is 3.52. The number of nitrogens with one attached hydrogen (secondary N) is 3. The zero-order valence-corrected chi connectivity index (χ0v) is 15.8. The van der Waals surface area contributed by atoms with Crippen molar-refractivity contribution in [3.8, 4) is 22.5 Å². The lowest BCUT2D eigenvalue weighted by Gasteiger charge is -2.15. The number of imidazole rings is 1. The predicted octanol–water partition coefficient (Wildman–Crippen LogP) is 3.85. The molecule has 0 aliphatic heterocycles. The summed E-state index contributed by atoms with van der Waals surface area (Å²) in [7, 11) is 0. The maximum atomic E-state index is 12.8. The van der Waals surface area contributed by atoms with E-state index >= 15 is 0 Å². The zero-order chi connectivity index (χ0) is 20.1. The number of aromatic amines is 2. The van der Waals surface area contributed by atoms with Gasteiger partial charge in [0, 0.05) is 18.0 Å². The second kappa shape index (κ2) is 6.38. The summed E-state index contributed by atoms with van der Waals surface area (Å²) >= 11 is 0. The molecule has 7 nitrogen and oxygen atoms in total. The number of rotatable bonds is 3. The number of hydrogen-bond donors (Lipinski definition) is 3. The summed E-state index contributed by atoms with van der Waals surface area (Å²) in [6, 6.07) is 15.9. The Morgan fingerprint density at radius 1 is 0.967 bits per heavy atom. The van der Waals surface area contributed by atoms with Crippen molar-refractivity contribution in [2.75, 3.05) is 0 Å². The number of nitrogens with zero attached hydrogens (tertiary/aromatic N) is 3. The summed E-state index contributed by atoms with van der Waals surface area (Å²) in [5.74, 6) is 0.614. The topological polar surface area (TPSA) is 99.3 Å². The van der Waals surface area contributed by atoms with Crippen LogP contribution in [0, 0.1) is 0 Å². The molecule has 5 aromatic rings. The number of benzene rings is 2. The minimum Gasteiger partial charge on any atom is -0.341 e. The summed E-state index contributed by atoms with van der Waals surface area (Å²) in [6.07, 6.45) is 6.63. The molecule has 0 fully saturated rings. The zero-order valence-electron chi connectivity index (χ0n) is 15.8. The summed E-state index contributed by atoms with van der Waals surface area (Å²) in [5, 5.41) is 9.73. The van der Waals surface area contributed by atoms with Crippen molar-refractivity contribution in [2.45, 2.75) is 6.04 Å². The summed E-state index contributed by atoms with van der Waals surface area (Å²) < 4.78 is 0. The number of aromatic nitrogens is 5. The molecule has 1 atom stereocenters. The number of amides is 1. The molecule has 1 amide bonds. The van der Waals surface area contributed by atoms with Gasteiger partial charge in [0.15, 0.2) is 0 Å². The molecule has 0 spiro atoms. The molecule has 0 radical (unpaired) electrons. The first kappa shape index (κ1) is 16.7. The van der Waals surface area contributed by atoms with Crippen molar-refractivity contribution < 1.29 is 4.79 Å². The highest BCUT2D eigenvalue weighted by Gasteiger charge is 2.32. The van der Waals surface area contributed by atoms with Gasteiger partial charge in [0.25, 0.3) is 5.91 Å². The van der Waals surface area contributed by atoms with Crippen molar-refractivity contribution in [3.05, 3.63) is 90.0 Å². The first-order chi connectivity index (χ1) is 14.8. The fourth-order valence-corrected chi connectivity index (χ4v) is 4.18. The van der Waals surface area contributed by atoms with Crippen molar-refractivity contribution in [2.24, 2.45) is 0 Å². The van der Waals surface area contributed by atoms with E-state index in [1.54, 1.807) is 18.6 Å². The van der Waals surface area contributed by atoms with Gasteiger partial charge >= 0.3 is 0 Å². The Morgan fingerprint density at radius 3 is 2.70 bits per heavy atom. The molecule has 0 saturated heterocycles. The molecule has 1 unspecified atom stereocenters. The second-order valence-corrected chi connectivity index (χ2v) is 7.23. The lowest BCUT2D eigenvalue weighted by Crippen LogP contribution is -2.27. The quantitative estimate of drug-likeness (QED) is 0.434. The molecule has 144 valence electrons. The molecular formula is C23H16N6O. The molecular weight excluding hydrogens is 376 g/mol. The smallest absolute Gasteiger partial charge is 0.255 e. The molecule has 30 heavy (non-hydrogen) atoms. The normalized spacial score (nSPS) is 14.5. The van der Waals surface area contributed by atoms with E-state index in [1.165, 1.54) is 6.20 Å². The largest absolute Gasteiger partial charge is 0.341 e. The van der Waals surface area contributed by atoms with Crippen LogP contribution in [0.1, 0.15) is 27.5 Å². The van der Waals surface area contributed by atoms with Gasteiger partial charge in [-0.3, -0.25) is 14.9 Å². The van der Waals surface area contributed by atoms with Gasteiger partial charge in [-0.15, -0.1) is 0 Å². The lowest BCUT2D eigenvalue weighted by atomic mass is 9.99. The van der Waals surface area contributed by atoms with E-state index in [9.17, 15) is 4.79 Å².